The molecule has 4 rings (SSSR count). The highest BCUT2D eigenvalue weighted by atomic mass is 32.1. The Morgan fingerprint density at radius 2 is 1.83 bits per heavy atom. The van der Waals surface area contributed by atoms with Gasteiger partial charge >= 0.3 is 0 Å². The second-order valence-electron chi connectivity index (χ2n) is 5.50. The molecule has 23 heavy (non-hydrogen) atoms. The summed E-state index contributed by atoms with van der Waals surface area (Å²) < 4.78 is 4.23. The quantitative estimate of drug-likeness (QED) is 0.766. The van der Waals surface area contributed by atoms with E-state index in [1.807, 2.05) is 25.1 Å². The molecule has 0 aliphatic carbocycles. The average Bonchev–Trinajstić information content (AvgIpc) is 3.01. The van der Waals surface area contributed by atoms with Crippen molar-refractivity contribution in [1.29, 1.82) is 0 Å². The van der Waals surface area contributed by atoms with E-state index in [-0.39, 0.29) is 5.56 Å². The Balaban J connectivity index is 1.55. The van der Waals surface area contributed by atoms with Gasteiger partial charge in [-0.05, 0) is 19.1 Å². The number of nitrogens with zero attached hydrogens (tertiary/aromatic N) is 5. The van der Waals surface area contributed by atoms with E-state index in [0.29, 0.717) is 11.3 Å². The molecule has 0 unspecified atom stereocenters. The number of H-pyrrole nitrogens is 1. The first-order valence-electron chi connectivity index (χ1n) is 7.50. The zero-order valence-electron chi connectivity index (χ0n) is 12.7. The lowest BCUT2D eigenvalue weighted by atomic mass is 10.2. The maximum absolute atomic E-state index is 12.2. The van der Waals surface area contributed by atoms with E-state index in [0.717, 1.165) is 42.7 Å². The Bertz CT molecular complexity index is 896. The number of rotatable bonds is 2. The van der Waals surface area contributed by atoms with Crippen LogP contribution in [0.4, 0.5) is 11.1 Å². The van der Waals surface area contributed by atoms with Gasteiger partial charge in [-0.3, -0.25) is 9.78 Å². The fourth-order valence-electron chi connectivity index (χ4n) is 2.75. The number of nitrogens with one attached hydrogen (secondary N) is 1. The van der Waals surface area contributed by atoms with Crippen molar-refractivity contribution in [2.75, 3.05) is 36.0 Å². The Morgan fingerprint density at radius 3 is 2.57 bits per heavy atom. The highest BCUT2D eigenvalue weighted by Crippen LogP contribution is 2.20. The summed E-state index contributed by atoms with van der Waals surface area (Å²) in [5.41, 5.74) is 0.640. The second kappa shape index (κ2) is 5.62. The molecular weight excluding hydrogens is 312 g/mol. The normalized spacial score (nSPS) is 15.3. The molecule has 0 spiro atoms. The summed E-state index contributed by atoms with van der Waals surface area (Å²) in [6, 6.07) is 7.41. The van der Waals surface area contributed by atoms with Crippen LogP contribution in [0.15, 0.2) is 29.1 Å². The van der Waals surface area contributed by atoms with Crippen LogP contribution in [0.2, 0.25) is 0 Å². The fourth-order valence-corrected chi connectivity index (χ4v) is 3.47. The molecule has 1 aliphatic heterocycles. The first-order chi connectivity index (χ1) is 11.2. The summed E-state index contributed by atoms with van der Waals surface area (Å²) >= 11 is 1.43. The third kappa shape index (κ3) is 2.65. The molecule has 1 aliphatic rings. The largest absolute Gasteiger partial charge is 0.343 e. The van der Waals surface area contributed by atoms with Gasteiger partial charge < -0.3 is 9.80 Å². The van der Waals surface area contributed by atoms with Gasteiger partial charge in [-0.25, -0.2) is 9.97 Å². The van der Waals surface area contributed by atoms with Crippen molar-refractivity contribution in [2.45, 2.75) is 6.92 Å². The summed E-state index contributed by atoms with van der Waals surface area (Å²) in [7, 11) is 0. The molecule has 1 N–H and O–H groups in total. The Morgan fingerprint density at radius 1 is 1.09 bits per heavy atom. The van der Waals surface area contributed by atoms with Crippen molar-refractivity contribution in [2.24, 2.45) is 0 Å². The zero-order chi connectivity index (χ0) is 15.8. The van der Waals surface area contributed by atoms with Gasteiger partial charge in [0.25, 0.3) is 5.56 Å². The maximum atomic E-state index is 12.2. The maximum Gasteiger partial charge on any atom is 0.260 e. The lowest BCUT2D eigenvalue weighted by molar-refractivity contribution is 0.638. The van der Waals surface area contributed by atoms with Crippen molar-refractivity contribution in [3.05, 3.63) is 40.4 Å². The smallest absolute Gasteiger partial charge is 0.260 e. The number of hydrogen-bond donors (Lipinski definition) is 1. The van der Waals surface area contributed by atoms with Gasteiger partial charge in [0.05, 0.1) is 10.9 Å². The number of anilines is 2. The first-order valence-corrected chi connectivity index (χ1v) is 8.27. The number of aromatic amines is 1. The van der Waals surface area contributed by atoms with Crippen LogP contribution in [-0.4, -0.2) is 45.5 Å². The molecule has 0 amide bonds. The molecule has 0 atom stereocenters. The summed E-state index contributed by atoms with van der Waals surface area (Å²) in [6.45, 7) is 5.16. The molecule has 1 aromatic carbocycles. The molecule has 0 bridgehead atoms. The molecule has 7 nitrogen and oxygen atoms in total. The fraction of sp³-hybridized carbons (Fsp3) is 0.333. The molecule has 0 radical (unpaired) electrons. The Hall–Kier alpha value is -2.48. The van der Waals surface area contributed by atoms with Crippen LogP contribution in [-0.2, 0) is 0 Å². The zero-order valence-corrected chi connectivity index (χ0v) is 13.5. The predicted octanol–water partition coefficient (Wildman–Crippen LogP) is 1.41. The minimum atomic E-state index is -0.0900. The number of benzene rings is 1. The SMILES string of the molecule is Cc1nsc(N2CCN(c3nc4ccccc4c(=O)[nH]3)CC2)n1. The van der Waals surface area contributed by atoms with Crippen LogP contribution in [0, 0.1) is 6.92 Å². The number of para-hydroxylation sites is 1. The van der Waals surface area contributed by atoms with Gasteiger partial charge in [0.2, 0.25) is 11.1 Å². The molecule has 2 aromatic heterocycles. The summed E-state index contributed by atoms with van der Waals surface area (Å²) in [6.07, 6.45) is 0. The Kier molecular flexibility index (Phi) is 3.45. The van der Waals surface area contributed by atoms with Crippen LogP contribution in [0.3, 0.4) is 0 Å². The standard InChI is InChI=1S/C15H16N6OS/c1-10-16-15(23-19-10)21-8-6-20(7-9-21)14-17-12-5-3-2-4-11(12)13(22)18-14/h2-5H,6-9H2,1H3,(H,17,18,22). The Labute approximate surface area is 136 Å². The number of piperazine rings is 1. The minimum Gasteiger partial charge on any atom is -0.343 e. The van der Waals surface area contributed by atoms with Gasteiger partial charge in [-0.2, -0.15) is 4.37 Å². The molecule has 8 heteroatoms. The van der Waals surface area contributed by atoms with E-state index in [1.165, 1.54) is 11.5 Å². The third-order valence-electron chi connectivity index (χ3n) is 3.97. The number of aryl methyl sites for hydroxylation is 1. The topological polar surface area (TPSA) is 78.0 Å². The monoisotopic (exact) mass is 328 g/mol. The molecule has 3 heterocycles. The first kappa shape index (κ1) is 14.1. The van der Waals surface area contributed by atoms with Crippen molar-refractivity contribution < 1.29 is 0 Å². The molecular formula is C15H16N6OS. The van der Waals surface area contributed by atoms with Gasteiger partial charge in [0.15, 0.2) is 0 Å². The summed E-state index contributed by atoms with van der Waals surface area (Å²) in [5.74, 6) is 1.45. The highest BCUT2D eigenvalue weighted by molar-refractivity contribution is 7.09. The van der Waals surface area contributed by atoms with Crippen molar-refractivity contribution in [3.63, 3.8) is 0 Å². The van der Waals surface area contributed by atoms with Crippen LogP contribution in [0.1, 0.15) is 5.82 Å². The van der Waals surface area contributed by atoms with E-state index in [9.17, 15) is 4.79 Å². The van der Waals surface area contributed by atoms with E-state index >= 15 is 0 Å². The molecule has 118 valence electrons. The van der Waals surface area contributed by atoms with E-state index in [4.69, 9.17) is 0 Å². The van der Waals surface area contributed by atoms with Gasteiger partial charge in [0, 0.05) is 37.7 Å². The van der Waals surface area contributed by atoms with Crippen LogP contribution in [0.25, 0.3) is 10.9 Å². The number of hydrogen-bond acceptors (Lipinski definition) is 7. The highest BCUT2D eigenvalue weighted by Gasteiger charge is 2.21. The van der Waals surface area contributed by atoms with E-state index in [1.54, 1.807) is 6.07 Å². The van der Waals surface area contributed by atoms with Crippen LogP contribution < -0.4 is 15.4 Å². The lowest BCUT2D eigenvalue weighted by Crippen LogP contribution is -2.47. The van der Waals surface area contributed by atoms with Crippen molar-refractivity contribution in [1.82, 2.24) is 19.3 Å². The van der Waals surface area contributed by atoms with Gasteiger partial charge in [-0.15, -0.1) is 0 Å². The predicted molar refractivity (Wildman–Crippen MR) is 91.4 cm³/mol. The van der Waals surface area contributed by atoms with Crippen LogP contribution >= 0.6 is 11.5 Å². The number of aromatic nitrogens is 4. The summed E-state index contributed by atoms with van der Waals surface area (Å²) in [5, 5.41) is 1.58. The van der Waals surface area contributed by atoms with Crippen LogP contribution in [0.5, 0.6) is 0 Å². The molecule has 1 fully saturated rings. The third-order valence-corrected chi connectivity index (χ3v) is 4.84. The van der Waals surface area contributed by atoms with Crippen molar-refractivity contribution in [3.8, 4) is 0 Å². The molecule has 0 saturated carbocycles. The summed E-state index contributed by atoms with van der Waals surface area (Å²) in [4.78, 5) is 28.4. The van der Waals surface area contributed by atoms with Gasteiger partial charge in [-0.1, -0.05) is 12.1 Å². The number of fused-ring (bicyclic) bond motifs is 1. The lowest BCUT2D eigenvalue weighted by Gasteiger charge is -2.34. The molecule has 3 aromatic rings. The second-order valence-corrected chi connectivity index (χ2v) is 6.24. The minimum absolute atomic E-state index is 0.0900. The van der Waals surface area contributed by atoms with E-state index in [2.05, 4.69) is 29.1 Å². The van der Waals surface area contributed by atoms with Crippen molar-refractivity contribution >= 4 is 33.5 Å². The average molecular weight is 328 g/mol. The van der Waals surface area contributed by atoms with E-state index < -0.39 is 0 Å². The van der Waals surface area contributed by atoms with Gasteiger partial charge in [0.1, 0.15) is 5.82 Å². The molecule has 1 saturated heterocycles.